The Hall–Kier alpha value is -4.91. The highest BCUT2D eigenvalue weighted by atomic mass is 16.4. The molecule has 0 bridgehead atoms. The Bertz CT molecular complexity index is 1380. The fourth-order valence-corrected chi connectivity index (χ4v) is 4.91. The summed E-state index contributed by atoms with van der Waals surface area (Å²) < 4.78 is 0. The summed E-state index contributed by atoms with van der Waals surface area (Å²) >= 11 is 0. The molecule has 222 valence electrons. The van der Waals surface area contributed by atoms with Crippen molar-refractivity contribution >= 4 is 23.7 Å². The zero-order chi connectivity index (χ0) is 30.2. The molecule has 2 heterocycles. The molecule has 3 amide bonds. The van der Waals surface area contributed by atoms with Crippen molar-refractivity contribution in [2.45, 2.75) is 56.3 Å². The third-order valence-electron chi connectivity index (χ3n) is 7.15. The van der Waals surface area contributed by atoms with Crippen molar-refractivity contribution < 1.29 is 34.5 Å². The van der Waals surface area contributed by atoms with Crippen LogP contribution >= 0.6 is 0 Å². The number of carbonyl (C=O) groups is 4. The number of aromatic amines is 1. The number of benzene rings is 2. The van der Waals surface area contributed by atoms with Crippen LogP contribution in [0.15, 0.2) is 61.1 Å². The van der Waals surface area contributed by atoms with Crippen LogP contribution in [0.25, 0.3) is 0 Å². The van der Waals surface area contributed by atoms with Gasteiger partial charge in [-0.15, -0.1) is 0 Å². The smallest absolute Gasteiger partial charge is 0.326 e. The molecule has 42 heavy (non-hydrogen) atoms. The first-order valence-electron chi connectivity index (χ1n) is 13.5. The molecule has 4 rings (SSSR count). The number of H-pyrrole nitrogens is 1. The van der Waals surface area contributed by atoms with Gasteiger partial charge in [0.2, 0.25) is 17.7 Å². The first kappa shape index (κ1) is 30.1. The summed E-state index contributed by atoms with van der Waals surface area (Å²) in [5.74, 6) is -2.85. The summed E-state index contributed by atoms with van der Waals surface area (Å²) in [5, 5.41) is 34.2. The molecule has 0 radical (unpaired) electrons. The maximum Gasteiger partial charge on any atom is 0.326 e. The van der Waals surface area contributed by atoms with Crippen molar-refractivity contribution in [2.75, 3.05) is 6.54 Å². The summed E-state index contributed by atoms with van der Waals surface area (Å²) in [6.45, 7) is 0.234. The summed E-state index contributed by atoms with van der Waals surface area (Å²) in [6.07, 6.45) is 3.95. The van der Waals surface area contributed by atoms with Gasteiger partial charge >= 0.3 is 5.97 Å². The molecule has 2 aromatic carbocycles. The average Bonchev–Trinajstić information content (AvgIpc) is 3.67. The van der Waals surface area contributed by atoms with E-state index in [2.05, 4.69) is 20.6 Å². The summed E-state index contributed by atoms with van der Waals surface area (Å²) in [7, 11) is 0. The number of aromatic hydroxyl groups is 2. The molecule has 13 nitrogen and oxygen atoms in total. The van der Waals surface area contributed by atoms with Crippen molar-refractivity contribution in [2.24, 2.45) is 5.73 Å². The normalized spacial score (nSPS) is 16.8. The number of phenols is 2. The van der Waals surface area contributed by atoms with Crippen LogP contribution in [0.5, 0.6) is 11.5 Å². The van der Waals surface area contributed by atoms with Crippen LogP contribution in [0.2, 0.25) is 0 Å². The number of likely N-dealkylation sites (tertiary alicyclic amines) is 1. The number of hydrogen-bond acceptors (Lipinski definition) is 8. The lowest BCUT2D eigenvalue weighted by Gasteiger charge is -2.29. The van der Waals surface area contributed by atoms with Gasteiger partial charge in [-0.2, -0.15) is 0 Å². The molecule has 0 saturated carbocycles. The number of nitrogens with two attached hydrogens (primary N) is 1. The number of aliphatic carboxylic acids is 1. The van der Waals surface area contributed by atoms with E-state index in [9.17, 15) is 34.5 Å². The second-order valence-corrected chi connectivity index (χ2v) is 10.3. The second-order valence-electron chi connectivity index (χ2n) is 10.3. The highest BCUT2D eigenvalue weighted by Crippen LogP contribution is 2.20. The molecule has 4 atom stereocenters. The number of amides is 3. The minimum absolute atomic E-state index is 0.0189. The first-order chi connectivity index (χ1) is 20.1. The highest BCUT2D eigenvalue weighted by Gasteiger charge is 2.38. The summed E-state index contributed by atoms with van der Waals surface area (Å²) in [5.41, 5.74) is 8.03. The molecular formula is C29H34N6O7. The molecule has 1 aliphatic rings. The van der Waals surface area contributed by atoms with Crippen LogP contribution in [-0.2, 0) is 38.4 Å². The quantitative estimate of drug-likeness (QED) is 0.156. The zero-order valence-corrected chi connectivity index (χ0v) is 22.8. The van der Waals surface area contributed by atoms with Crippen molar-refractivity contribution in [3.63, 3.8) is 0 Å². The molecular weight excluding hydrogens is 544 g/mol. The average molecular weight is 579 g/mol. The van der Waals surface area contributed by atoms with Gasteiger partial charge in [0.1, 0.15) is 29.6 Å². The standard InChI is InChI=1S/C29H34N6O7/c30-22(12-17-3-7-20(36)8-4-17)26(38)33-23(14-19-15-31-16-32-19)27(39)34-24(13-18-5-9-21(37)10-6-18)28(40)35-11-1-2-25(35)29(41)42/h3-10,15-16,22-25,36-37H,1-2,11-14,30H2,(H,31,32)(H,33,38)(H,34,39)(H,41,42). The Morgan fingerprint density at radius 2 is 1.50 bits per heavy atom. The van der Waals surface area contributed by atoms with Crippen LogP contribution in [0.4, 0.5) is 0 Å². The Balaban J connectivity index is 1.53. The topological polar surface area (TPSA) is 211 Å². The van der Waals surface area contributed by atoms with E-state index < -0.39 is 47.9 Å². The largest absolute Gasteiger partial charge is 0.508 e. The Kier molecular flexibility index (Phi) is 9.76. The van der Waals surface area contributed by atoms with Gasteiger partial charge in [-0.05, 0) is 54.7 Å². The molecule has 0 spiro atoms. The van der Waals surface area contributed by atoms with E-state index in [1.807, 2.05) is 0 Å². The lowest BCUT2D eigenvalue weighted by Crippen LogP contribution is -2.58. The van der Waals surface area contributed by atoms with Crippen molar-refractivity contribution in [1.82, 2.24) is 25.5 Å². The number of hydrogen-bond donors (Lipinski definition) is 7. The number of carboxylic acid groups (broad SMARTS) is 1. The zero-order valence-electron chi connectivity index (χ0n) is 22.8. The van der Waals surface area contributed by atoms with Crippen LogP contribution in [0, 0.1) is 0 Å². The van der Waals surface area contributed by atoms with Crippen LogP contribution in [0.3, 0.4) is 0 Å². The van der Waals surface area contributed by atoms with E-state index >= 15 is 0 Å². The third kappa shape index (κ3) is 7.85. The van der Waals surface area contributed by atoms with E-state index in [4.69, 9.17) is 5.73 Å². The van der Waals surface area contributed by atoms with Crippen molar-refractivity contribution in [1.29, 1.82) is 0 Å². The maximum absolute atomic E-state index is 13.7. The number of imidazole rings is 1. The fourth-order valence-electron chi connectivity index (χ4n) is 4.91. The predicted octanol–water partition coefficient (Wildman–Crippen LogP) is 0.221. The lowest BCUT2D eigenvalue weighted by molar-refractivity contribution is -0.149. The number of carboxylic acids is 1. The Morgan fingerprint density at radius 1 is 0.905 bits per heavy atom. The SMILES string of the molecule is NC(Cc1ccc(O)cc1)C(=O)NC(Cc1cnc[nH]1)C(=O)NC(Cc1ccc(O)cc1)C(=O)N1CCCC1C(=O)O. The Morgan fingerprint density at radius 3 is 2.07 bits per heavy atom. The molecule has 1 saturated heterocycles. The van der Waals surface area contributed by atoms with Crippen LogP contribution < -0.4 is 16.4 Å². The minimum atomic E-state index is -1.15. The third-order valence-corrected chi connectivity index (χ3v) is 7.15. The monoisotopic (exact) mass is 578 g/mol. The van der Waals surface area contributed by atoms with Gasteiger partial charge in [0.15, 0.2) is 0 Å². The molecule has 1 aliphatic heterocycles. The van der Waals surface area contributed by atoms with Crippen molar-refractivity contribution in [3.05, 3.63) is 77.9 Å². The van der Waals surface area contributed by atoms with Gasteiger partial charge in [-0.3, -0.25) is 14.4 Å². The number of rotatable bonds is 12. The fraction of sp³-hybridized carbons (Fsp3) is 0.345. The van der Waals surface area contributed by atoms with Gasteiger partial charge in [0.25, 0.3) is 0 Å². The predicted molar refractivity (Wildman–Crippen MR) is 150 cm³/mol. The van der Waals surface area contributed by atoms with Gasteiger partial charge < -0.3 is 41.6 Å². The van der Waals surface area contributed by atoms with E-state index in [1.54, 1.807) is 24.3 Å². The second kappa shape index (κ2) is 13.6. The molecule has 3 aromatic rings. The lowest BCUT2D eigenvalue weighted by atomic mass is 10.0. The molecule has 1 fully saturated rings. The molecule has 13 heteroatoms. The Labute approximate surface area is 241 Å². The summed E-state index contributed by atoms with van der Waals surface area (Å²) in [6, 6.07) is 8.04. The van der Waals surface area contributed by atoms with E-state index in [1.165, 1.54) is 41.7 Å². The van der Waals surface area contributed by atoms with Gasteiger partial charge in [-0.1, -0.05) is 24.3 Å². The van der Waals surface area contributed by atoms with E-state index in [0.717, 1.165) is 0 Å². The van der Waals surface area contributed by atoms with Gasteiger partial charge in [0, 0.05) is 31.3 Å². The number of phenolic OH excluding ortho intramolecular Hbond substituents is 2. The van der Waals surface area contributed by atoms with Crippen molar-refractivity contribution in [3.8, 4) is 11.5 Å². The maximum atomic E-state index is 13.7. The number of nitrogens with zero attached hydrogens (tertiary/aromatic N) is 2. The molecule has 8 N–H and O–H groups in total. The number of carbonyl (C=O) groups excluding carboxylic acids is 3. The van der Waals surface area contributed by atoms with Gasteiger partial charge in [0.05, 0.1) is 12.4 Å². The van der Waals surface area contributed by atoms with Crippen LogP contribution in [0.1, 0.15) is 29.7 Å². The number of nitrogens with one attached hydrogen (secondary N) is 3. The van der Waals surface area contributed by atoms with E-state index in [-0.39, 0.29) is 37.3 Å². The van der Waals surface area contributed by atoms with Gasteiger partial charge in [-0.25, -0.2) is 9.78 Å². The number of aromatic nitrogens is 2. The highest BCUT2D eigenvalue weighted by molar-refractivity contribution is 5.94. The van der Waals surface area contributed by atoms with Crippen LogP contribution in [-0.4, -0.2) is 84.6 Å². The first-order valence-corrected chi connectivity index (χ1v) is 13.5. The molecule has 0 aliphatic carbocycles. The minimum Gasteiger partial charge on any atom is -0.508 e. The molecule has 4 unspecified atom stereocenters. The summed E-state index contributed by atoms with van der Waals surface area (Å²) in [4.78, 5) is 60.2. The van der Waals surface area contributed by atoms with E-state index in [0.29, 0.717) is 29.7 Å². The molecule has 1 aromatic heterocycles.